The van der Waals surface area contributed by atoms with E-state index in [9.17, 15) is 5.26 Å². The van der Waals surface area contributed by atoms with Gasteiger partial charge in [-0.25, -0.2) is 4.98 Å². The average Bonchev–Trinajstić information content (AvgIpc) is 3.21. The third-order valence-corrected chi connectivity index (χ3v) is 5.87. The first-order valence-electron chi connectivity index (χ1n) is 11.0. The molecule has 0 fully saturated rings. The Kier molecular flexibility index (Phi) is 6.62. The molecule has 0 radical (unpaired) electrons. The number of benzene rings is 3. The summed E-state index contributed by atoms with van der Waals surface area (Å²) < 4.78 is 6.01. The number of anilines is 2. The normalized spacial score (nSPS) is 12.0. The van der Waals surface area contributed by atoms with Gasteiger partial charge in [0.15, 0.2) is 0 Å². The molecule has 0 saturated heterocycles. The molecular weight excluding hydrogens is 410 g/mol. The Morgan fingerprint density at radius 1 is 0.970 bits per heavy atom. The molecule has 4 rings (SSSR count). The maximum atomic E-state index is 9.62. The topological polar surface area (TPSA) is 68.3 Å². The minimum Gasteiger partial charge on any atom is -0.423 e. The van der Waals surface area contributed by atoms with Crippen molar-refractivity contribution >= 4 is 22.3 Å². The maximum absolute atomic E-state index is 9.62. The smallest absolute Gasteiger partial charge is 0.232 e. The van der Waals surface area contributed by atoms with Gasteiger partial charge >= 0.3 is 0 Å². The van der Waals surface area contributed by atoms with Crippen molar-refractivity contribution in [3.05, 3.63) is 89.4 Å². The summed E-state index contributed by atoms with van der Waals surface area (Å²) in [5, 5.41) is 15.3. The van der Waals surface area contributed by atoms with Crippen LogP contribution in [0.1, 0.15) is 28.8 Å². The zero-order valence-electron chi connectivity index (χ0n) is 19.5. The lowest BCUT2D eigenvalue weighted by Gasteiger charge is -2.25. The Hall–Kier alpha value is -3.82. The van der Waals surface area contributed by atoms with E-state index in [1.807, 2.05) is 46.4 Å². The minimum atomic E-state index is 0.111. The van der Waals surface area contributed by atoms with Gasteiger partial charge < -0.3 is 19.5 Å². The zero-order chi connectivity index (χ0) is 23.4. The third kappa shape index (κ3) is 5.00. The molecule has 0 bridgehead atoms. The van der Waals surface area contributed by atoms with E-state index in [4.69, 9.17) is 4.42 Å². The first kappa shape index (κ1) is 22.4. The van der Waals surface area contributed by atoms with Crippen molar-refractivity contribution in [1.29, 1.82) is 5.26 Å². The van der Waals surface area contributed by atoms with Gasteiger partial charge in [-0.1, -0.05) is 54.6 Å². The van der Waals surface area contributed by atoms with Gasteiger partial charge in [0.1, 0.15) is 6.07 Å². The van der Waals surface area contributed by atoms with Gasteiger partial charge in [0.05, 0.1) is 12.5 Å². The number of hydrogen-bond acceptors (Lipinski definition) is 6. The van der Waals surface area contributed by atoms with Gasteiger partial charge in [-0.15, -0.1) is 0 Å². The summed E-state index contributed by atoms with van der Waals surface area (Å²) in [6, 6.07) is 25.2. The highest BCUT2D eigenvalue weighted by atomic mass is 16.4. The molecule has 0 aliphatic rings. The summed E-state index contributed by atoms with van der Waals surface area (Å²) in [6.45, 7) is 0.589. The van der Waals surface area contributed by atoms with Crippen molar-refractivity contribution in [1.82, 2.24) is 9.88 Å². The fourth-order valence-corrected chi connectivity index (χ4v) is 4.03. The number of nitrogens with zero attached hydrogens (tertiary/aromatic N) is 4. The number of hydrogen-bond donors (Lipinski definition) is 1. The highest BCUT2D eigenvalue weighted by Crippen LogP contribution is 2.26. The van der Waals surface area contributed by atoms with Crippen LogP contribution in [0.25, 0.3) is 10.8 Å². The molecule has 1 aromatic heterocycles. The van der Waals surface area contributed by atoms with E-state index in [0.717, 1.165) is 11.3 Å². The van der Waals surface area contributed by atoms with E-state index in [0.29, 0.717) is 24.7 Å². The van der Waals surface area contributed by atoms with Crippen molar-refractivity contribution in [2.24, 2.45) is 0 Å². The Morgan fingerprint density at radius 2 is 1.70 bits per heavy atom. The molecule has 0 amide bonds. The Labute approximate surface area is 195 Å². The highest BCUT2D eigenvalue weighted by molar-refractivity contribution is 5.85. The Balaban J connectivity index is 1.52. The molecule has 0 saturated carbocycles. The standard InChI is InChI=1S/C27H29N5O/c1-31(2)22-14-12-20(13-15-22)25(32(3)4)18-29-27-24(17-28)30-26(33-27)16-21-10-7-9-19-8-5-6-11-23(19)21/h5-15,25,29H,16,18H2,1-4H3/t25-/m0/s1. The molecule has 1 N–H and O–H groups in total. The lowest BCUT2D eigenvalue weighted by atomic mass is 10.0. The molecular formula is C27H29N5O. The summed E-state index contributed by atoms with van der Waals surface area (Å²) in [6.07, 6.45) is 0.529. The Morgan fingerprint density at radius 3 is 2.39 bits per heavy atom. The fraction of sp³-hybridized carbons (Fsp3) is 0.259. The number of aromatic nitrogens is 1. The number of oxazole rings is 1. The van der Waals surface area contributed by atoms with Crippen LogP contribution in [0.15, 0.2) is 71.1 Å². The van der Waals surface area contributed by atoms with Crippen molar-refractivity contribution in [2.75, 3.05) is 45.0 Å². The largest absolute Gasteiger partial charge is 0.423 e. The zero-order valence-corrected chi connectivity index (χ0v) is 19.5. The first-order chi connectivity index (χ1) is 16.0. The predicted molar refractivity (Wildman–Crippen MR) is 134 cm³/mol. The Bertz CT molecular complexity index is 1260. The lowest BCUT2D eigenvalue weighted by molar-refractivity contribution is 0.310. The van der Waals surface area contributed by atoms with Gasteiger partial charge in [0, 0.05) is 26.3 Å². The summed E-state index contributed by atoms with van der Waals surface area (Å²) in [4.78, 5) is 8.68. The second-order valence-corrected chi connectivity index (χ2v) is 8.56. The minimum absolute atomic E-state index is 0.111. The predicted octanol–water partition coefficient (Wildman–Crippen LogP) is 5.07. The fourth-order valence-electron chi connectivity index (χ4n) is 4.03. The van der Waals surface area contributed by atoms with Crippen LogP contribution in [0, 0.1) is 11.3 Å². The van der Waals surface area contributed by atoms with Gasteiger partial charge in [0.25, 0.3) is 0 Å². The van der Waals surface area contributed by atoms with Crippen molar-refractivity contribution in [3.8, 4) is 6.07 Å². The molecule has 6 heteroatoms. The van der Waals surface area contributed by atoms with E-state index in [-0.39, 0.29) is 11.7 Å². The van der Waals surface area contributed by atoms with Gasteiger partial charge in [-0.2, -0.15) is 5.26 Å². The molecule has 1 heterocycles. The third-order valence-electron chi connectivity index (χ3n) is 5.87. The van der Waals surface area contributed by atoms with Crippen LogP contribution in [0.4, 0.5) is 11.6 Å². The molecule has 4 aromatic rings. The number of likely N-dealkylation sites (N-methyl/N-ethyl adjacent to an activating group) is 1. The maximum Gasteiger partial charge on any atom is 0.232 e. The second-order valence-electron chi connectivity index (χ2n) is 8.56. The number of nitriles is 1. The highest BCUT2D eigenvalue weighted by Gasteiger charge is 2.19. The molecule has 0 unspecified atom stereocenters. The average molecular weight is 440 g/mol. The van der Waals surface area contributed by atoms with Crippen LogP contribution in [-0.4, -0.2) is 44.6 Å². The van der Waals surface area contributed by atoms with Crippen LogP contribution in [-0.2, 0) is 6.42 Å². The number of fused-ring (bicyclic) bond motifs is 1. The van der Waals surface area contributed by atoms with Crippen molar-refractivity contribution < 1.29 is 4.42 Å². The molecule has 33 heavy (non-hydrogen) atoms. The quantitative estimate of drug-likeness (QED) is 0.413. The van der Waals surface area contributed by atoms with E-state index >= 15 is 0 Å². The number of rotatable bonds is 8. The molecule has 0 aliphatic heterocycles. The molecule has 3 aromatic carbocycles. The van der Waals surface area contributed by atoms with Gasteiger partial charge in [-0.05, 0) is 48.1 Å². The molecule has 0 aliphatic carbocycles. The monoisotopic (exact) mass is 439 g/mol. The van der Waals surface area contributed by atoms with Crippen molar-refractivity contribution in [2.45, 2.75) is 12.5 Å². The van der Waals surface area contributed by atoms with E-state index in [2.05, 4.69) is 74.7 Å². The van der Waals surface area contributed by atoms with Crippen LogP contribution >= 0.6 is 0 Å². The van der Waals surface area contributed by atoms with Crippen LogP contribution < -0.4 is 10.2 Å². The lowest BCUT2D eigenvalue weighted by Crippen LogP contribution is -2.27. The summed E-state index contributed by atoms with van der Waals surface area (Å²) in [7, 11) is 8.15. The molecule has 0 spiro atoms. The van der Waals surface area contributed by atoms with E-state index in [1.165, 1.54) is 16.3 Å². The van der Waals surface area contributed by atoms with Gasteiger partial charge in [-0.3, -0.25) is 0 Å². The van der Waals surface area contributed by atoms with Gasteiger partial charge in [0.2, 0.25) is 17.5 Å². The van der Waals surface area contributed by atoms with Crippen LogP contribution in [0.2, 0.25) is 0 Å². The SMILES string of the molecule is CN(C)c1ccc([C@H](CNc2oc(Cc3cccc4ccccc34)nc2C#N)N(C)C)cc1. The van der Waals surface area contributed by atoms with Crippen LogP contribution in [0.3, 0.4) is 0 Å². The number of nitrogens with one attached hydrogen (secondary N) is 1. The molecule has 1 atom stereocenters. The summed E-state index contributed by atoms with van der Waals surface area (Å²) in [5.74, 6) is 0.951. The summed E-state index contributed by atoms with van der Waals surface area (Å²) >= 11 is 0. The first-order valence-corrected chi connectivity index (χ1v) is 11.0. The van der Waals surface area contributed by atoms with Crippen LogP contribution in [0.5, 0.6) is 0 Å². The molecule has 6 nitrogen and oxygen atoms in total. The van der Waals surface area contributed by atoms with Crippen molar-refractivity contribution in [3.63, 3.8) is 0 Å². The second kappa shape index (κ2) is 9.76. The van der Waals surface area contributed by atoms with E-state index < -0.39 is 0 Å². The van der Waals surface area contributed by atoms with E-state index in [1.54, 1.807) is 0 Å². The molecule has 168 valence electrons. The summed E-state index contributed by atoms with van der Waals surface area (Å²) in [5.41, 5.74) is 3.75.